The van der Waals surface area contributed by atoms with Crippen molar-refractivity contribution in [2.45, 2.75) is 0 Å². The number of fused-ring (bicyclic) bond motifs is 1. The number of aromatic nitrogens is 1. The van der Waals surface area contributed by atoms with Gasteiger partial charge in [0.05, 0.1) is 11.1 Å². The molecule has 0 radical (unpaired) electrons. The molecule has 2 aromatic rings. The van der Waals surface area contributed by atoms with Gasteiger partial charge in [-0.1, -0.05) is 5.16 Å². The lowest BCUT2D eigenvalue weighted by molar-refractivity contribution is 0.0697. The van der Waals surface area contributed by atoms with Crippen molar-refractivity contribution >= 4 is 16.9 Å². The number of carboxylic acid groups (broad SMARTS) is 1. The summed E-state index contributed by atoms with van der Waals surface area (Å²) < 4.78 is 0.829. The molecule has 6 heteroatoms. The highest BCUT2D eigenvalue weighted by Gasteiger charge is 2.06. The van der Waals surface area contributed by atoms with Crippen LogP contribution < -0.4 is 5.36 Å². The van der Waals surface area contributed by atoms with Crippen LogP contribution in [0.3, 0.4) is 0 Å². The van der Waals surface area contributed by atoms with Crippen molar-refractivity contribution in [2.24, 2.45) is 5.16 Å². The van der Waals surface area contributed by atoms with Crippen LogP contribution >= 0.6 is 0 Å². The normalized spacial score (nSPS) is 11.9. The largest absolute Gasteiger partial charge is 0.478 e. The number of hydrogen-bond acceptors (Lipinski definition) is 4. The first-order valence-corrected chi connectivity index (χ1v) is 4.39. The Morgan fingerprint density at radius 1 is 1.31 bits per heavy atom. The minimum absolute atomic E-state index is 0.0589. The minimum atomic E-state index is -1.08. The van der Waals surface area contributed by atoms with E-state index >= 15 is 0 Å². The molecular formula is C10H8N2O4. The number of carboxylic acids is 1. The van der Waals surface area contributed by atoms with Gasteiger partial charge in [-0.05, 0) is 24.3 Å². The number of nitrogens with zero attached hydrogens (tertiary/aromatic N) is 2. The summed E-state index contributed by atoms with van der Waals surface area (Å²) in [7, 11) is 0. The van der Waals surface area contributed by atoms with Gasteiger partial charge in [-0.3, -0.25) is 0 Å². The zero-order valence-corrected chi connectivity index (χ0v) is 8.03. The maximum Gasteiger partial charge on any atom is 0.335 e. The molecule has 1 aromatic carbocycles. The van der Waals surface area contributed by atoms with E-state index in [1.165, 1.54) is 30.5 Å². The monoisotopic (exact) mass is 220 g/mol. The van der Waals surface area contributed by atoms with Gasteiger partial charge in [-0.15, -0.1) is 0 Å². The Morgan fingerprint density at radius 2 is 2.06 bits per heavy atom. The lowest BCUT2D eigenvalue weighted by Gasteiger charge is -2.04. The van der Waals surface area contributed by atoms with Crippen molar-refractivity contribution in [1.82, 2.24) is 4.73 Å². The number of aromatic carboxylic acids is 1. The minimum Gasteiger partial charge on any atom is -0.478 e. The molecule has 0 aliphatic carbocycles. The van der Waals surface area contributed by atoms with Gasteiger partial charge in [0, 0.05) is 11.6 Å². The maximum absolute atomic E-state index is 10.8. The third-order valence-corrected chi connectivity index (χ3v) is 2.25. The number of hydrogen-bond donors (Lipinski definition) is 3. The Hall–Kier alpha value is -2.50. The molecule has 6 nitrogen and oxygen atoms in total. The fraction of sp³-hybridized carbons (Fsp3) is 0. The summed E-state index contributed by atoms with van der Waals surface area (Å²) in [4.78, 5) is 10.8. The third kappa shape index (κ3) is 1.46. The van der Waals surface area contributed by atoms with E-state index in [1.54, 1.807) is 0 Å². The van der Waals surface area contributed by atoms with Crippen molar-refractivity contribution in [2.75, 3.05) is 0 Å². The van der Waals surface area contributed by atoms with Gasteiger partial charge >= 0.3 is 5.97 Å². The standard InChI is InChI=1S/C10H8N2O4/c13-10(14)6-1-2-9-7(5-6)8(11-15)3-4-12(9)16/h1-5,15-16H,(H,13,14)/b11-8-. The molecule has 0 amide bonds. The van der Waals surface area contributed by atoms with E-state index in [-0.39, 0.29) is 10.9 Å². The molecule has 0 bridgehead atoms. The van der Waals surface area contributed by atoms with Crippen molar-refractivity contribution in [3.63, 3.8) is 0 Å². The highest BCUT2D eigenvalue weighted by molar-refractivity contribution is 5.93. The molecule has 82 valence electrons. The molecule has 3 N–H and O–H groups in total. The lowest BCUT2D eigenvalue weighted by atomic mass is 10.1. The van der Waals surface area contributed by atoms with Crippen molar-refractivity contribution in [3.05, 3.63) is 41.4 Å². The van der Waals surface area contributed by atoms with Crippen LogP contribution in [0.5, 0.6) is 0 Å². The van der Waals surface area contributed by atoms with Crippen LogP contribution in [-0.4, -0.2) is 26.2 Å². The zero-order valence-electron chi connectivity index (χ0n) is 8.03. The predicted octanol–water partition coefficient (Wildman–Crippen LogP) is 0.867. The molecule has 0 saturated carbocycles. The van der Waals surface area contributed by atoms with E-state index in [1.807, 2.05) is 0 Å². The van der Waals surface area contributed by atoms with Crippen LogP contribution in [0.1, 0.15) is 10.4 Å². The van der Waals surface area contributed by atoms with Gasteiger partial charge in [0.25, 0.3) is 0 Å². The summed E-state index contributed by atoms with van der Waals surface area (Å²) >= 11 is 0. The fourth-order valence-corrected chi connectivity index (χ4v) is 1.47. The third-order valence-electron chi connectivity index (χ3n) is 2.25. The number of benzene rings is 1. The average molecular weight is 220 g/mol. The highest BCUT2D eigenvalue weighted by atomic mass is 16.5. The van der Waals surface area contributed by atoms with Crippen LogP contribution in [0.15, 0.2) is 35.6 Å². The van der Waals surface area contributed by atoms with Crippen LogP contribution in [-0.2, 0) is 0 Å². The second-order valence-corrected chi connectivity index (χ2v) is 3.18. The Labute approximate surface area is 89.3 Å². The molecule has 0 saturated heterocycles. The predicted molar refractivity (Wildman–Crippen MR) is 53.4 cm³/mol. The summed E-state index contributed by atoms with van der Waals surface area (Å²) in [6.45, 7) is 0. The number of pyridine rings is 1. The van der Waals surface area contributed by atoms with Crippen LogP contribution in [0.4, 0.5) is 0 Å². The first-order chi connectivity index (χ1) is 7.63. The Balaban J connectivity index is 2.90. The van der Waals surface area contributed by atoms with E-state index in [0.717, 1.165) is 4.73 Å². The van der Waals surface area contributed by atoms with Crippen LogP contribution in [0, 0.1) is 0 Å². The highest BCUT2D eigenvalue weighted by Crippen LogP contribution is 2.11. The molecule has 0 fully saturated rings. The Morgan fingerprint density at radius 3 is 2.69 bits per heavy atom. The molecule has 2 rings (SSSR count). The first kappa shape index (κ1) is 10.0. The summed E-state index contributed by atoms with van der Waals surface area (Å²) in [6.07, 6.45) is 1.30. The van der Waals surface area contributed by atoms with E-state index < -0.39 is 5.97 Å². The van der Waals surface area contributed by atoms with Gasteiger partial charge in [-0.25, -0.2) is 4.79 Å². The number of rotatable bonds is 1. The van der Waals surface area contributed by atoms with Crippen LogP contribution in [0.2, 0.25) is 0 Å². The molecule has 1 aromatic heterocycles. The Bertz CT molecular complexity index is 630. The maximum atomic E-state index is 10.8. The first-order valence-electron chi connectivity index (χ1n) is 4.39. The SMILES string of the molecule is O=C(O)c1ccc2c(c1)/c(=N\O)ccn2O. The lowest BCUT2D eigenvalue weighted by Crippen LogP contribution is -2.09. The van der Waals surface area contributed by atoms with E-state index in [4.69, 9.17) is 10.3 Å². The molecule has 0 aliphatic heterocycles. The van der Waals surface area contributed by atoms with Gasteiger partial charge in [-0.2, -0.15) is 4.73 Å². The van der Waals surface area contributed by atoms with E-state index in [0.29, 0.717) is 10.9 Å². The van der Waals surface area contributed by atoms with Gasteiger partial charge in [0.1, 0.15) is 5.36 Å². The fourth-order valence-electron chi connectivity index (χ4n) is 1.47. The second-order valence-electron chi connectivity index (χ2n) is 3.18. The number of carbonyl (C=O) groups is 1. The average Bonchev–Trinajstić information content (AvgIpc) is 2.29. The molecule has 1 heterocycles. The Kier molecular flexibility index (Phi) is 2.24. The quantitative estimate of drug-likeness (QED) is 0.377. The molecule has 0 atom stereocenters. The second kappa shape index (κ2) is 3.58. The van der Waals surface area contributed by atoms with Crippen LogP contribution in [0.25, 0.3) is 10.9 Å². The van der Waals surface area contributed by atoms with Crippen molar-refractivity contribution < 1.29 is 20.3 Å². The summed E-state index contributed by atoms with van der Waals surface area (Å²) in [5, 5.41) is 30.6. The zero-order chi connectivity index (χ0) is 11.7. The van der Waals surface area contributed by atoms with Gasteiger partial charge < -0.3 is 15.5 Å². The molecule has 16 heavy (non-hydrogen) atoms. The van der Waals surface area contributed by atoms with Crippen molar-refractivity contribution in [3.8, 4) is 0 Å². The van der Waals surface area contributed by atoms with Gasteiger partial charge in [0.15, 0.2) is 0 Å². The molecule has 0 spiro atoms. The van der Waals surface area contributed by atoms with E-state index in [2.05, 4.69) is 5.16 Å². The topological polar surface area (TPSA) is 95.0 Å². The van der Waals surface area contributed by atoms with Crippen molar-refractivity contribution in [1.29, 1.82) is 0 Å². The van der Waals surface area contributed by atoms with Gasteiger partial charge in [0.2, 0.25) is 0 Å². The smallest absolute Gasteiger partial charge is 0.335 e. The van der Waals surface area contributed by atoms with E-state index in [9.17, 15) is 10.0 Å². The molecular weight excluding hydrogens is 212 g/mol. The molecule has 0 aliphatic rings. The summed E-state index contributed by atoms with van der Waals surface area (Å²) in [5.41, 5.74) is 0.420. The summed E-state index contributed by atoms with van der Waals surface area (Å²) in [6, 6.07) is 5.50. The molecule has 0 unspecified atom stereocenters. The summed E-state index contributed by atoms with van der Waals surface area (Å²) in [5.74, 6) is -1.08.